The fourth-order valence-electron chi connectivity index (χ4n) is 4.34. The first-order chi connectivity index (χ1) is 18.1. The van der Waals surface area contributed by atoms with Crippen molar-refractivity contribution >= 4 is 37.5 Å². The zero-order valence-electron chi connectivity index (χ0n) is 21.4. The van der Waals surface area contributed by atoms with Crippen molar-refractivity contribution in [3.63, 3.8) is 0 Å². The number of ether oxygens (including phenoxy) is 1. The van der Waals surface area contributed by atoms with E-state index in [0.29, 0.717) is 24.3 Å². The molecule has 0 saturated carbocycles. The predicted molar refractivity (Wildman–Crippen MR) is 149 cm³/mol. The van der Waals surface area contributed by atoms with E-state index in [9.17, 15) is 16.8 Å². The van der Waals surface area contributed by atoms with Crippen LogP contribution in [-0.4, -0.2) is 58.0 Å². The van der Waals surface area contributed by atoms with Crippen LogP contribution in [0.3, 0.4) is 0 Å². The summed E-state index contributed by atoms with van der Waals surface area (Å²) in [4.78, 5) is 1.85. The van der Waals surface area contributed by atoms with Crippen molar-refractivity contribution < 1.29 is 21.6 Å². The molecule has 8 nitrogen and oxygen atoms in total. The second-order valence-corrected chi connectivity index (χ2v) is 12.8. The predicted octanol–water partition coefficient (Wildman–Crippen LogP) is 4.73. The molecule has 0 aliphatic carbocycles. The Morgan fingerprint density at radius 2 is 1.42 bits per heavy atom. The van der Waals surface area contributed by atoms with Crippen LogP contribution in [0, 0.1) is 13.8 Å². The summed E-state index contributed by atoms with van der Waals surface area (Å²) in [5.41, 5.74) is 2.48. The van der Waals surface area contributed by atoms with Gasteiger partial charge in [0.2, 0.25) is 10.0 Å². The molecule has 11 heteroatoms. The Balaban J connectivity index is 1.83. The Hall–Kier alpha value is -2.92. The molecule has 1 atom stereocenters. The molecular formula is C27H30ClN3O5S2. The van der Waals surface area contributed by atoms with Gasteiger partial charge in [0.15, 0.2) is 0 Å². The van der Waals surface area contributed by atoms with Crippen molar-refractivity contribution in [2.75, 3.05) is 26.1 Å². The van der Waals surface area contributed by atoms with Gasteiger partial charge >= 0.3 is 0 Å². The number of methoxy groups -OCH3 is 1. The van der Waals surface area contributed by atoms with Crippen LogP contribution >= 0.6 is 11.6 Å². The number of nitrogens with zero attached hydrogens (tertiary/aromatic N) is 3. The van der Waals surface area contributed by atoms with Crippen LogP contribution in [0.25, 0.3) is 0 Å². The fraction of sp³-hybridized carbons (Fsp3) is 0.296. The minimum atomic E-state index is -4.09. The summed E-state index contributed by atoms with van der Waals surface area (Å²) in [5.74, 6) is 0.449. The average molecular weight is 576 g/mol. The van der Waals surface area contributed by atoms with Gasteiger partial charge in [0, 0.05) is 13.1 Å². The van der Waals surface area contributed by atoms with Crippen LogP contribution < -0.4 is 4.74 Å². The summed E-state index contributed by atoms with van der Waals surface area (Å²) in [6, 6.07) is 20.0. The second-order valence-electron chi connectivity index (χ2n) is 9.05. The van der Waals surface area contributed by atoms with Gasteiger partial charge in [-0.1, -0.05) is 47.5 Å². The minimum Gasteiger partial charge on any atom is -0.497 e. The molecule has 0 N–H and O–H groups in total. The van der Waals surface area contributed by atoms with Crippen molar-refractivity contribution in [1.82, 2.24) is 9.21 Å². The molecule has 0 spiro atoms. The molecule has 0 aromatic heterocycles. The Kier molecular flexibility index (Phi) is 8.46. The topological polar surface area (TPSA) is 96.3 Å². The number of amidine groups is 1. The third kappa shape index (κ3) is 5.88. The van der Waals surface area contributed by atoms with Gasteiger partial charge in [0.1, 0.15) is 17.8 Å². The molecule has 4 rings (SSSR count). The number of halogens is 1. The number of hydrogen-bond donors (Lipinski definition) is 0. The fourth-order valence-corrected chi connectivity index (χ4v) is 7.28. The standard InChI is InChI=1S/C27H30ClN3O5S2/c1-20-5-13-24(14-6-20)37(32,33)29-26(19-28)30-17-4-18-31(27(30)22-9-11-23(36-3)12-10-22)38(34,35)25-15-7-21(2)8-16-25/h5-16,27H,4,17-19H2,1-3H3/t27-/m1/s1. The maximum atomic E-state index is 13.9. The molecule has 3 aromatic carbocycles. The summed E-state index contributed by atoms with van der Waals surface area (Å²) < 4.78 is 64.9. The van der Waals surface area contributed by atoms with Crippen molar-refractivity contribution in [3.8, 4) is 5.75 Å². The molecule has 38 heavy (non-hydrogen) atoms. The number of alkyl halides is 1. The maximum Gasteiger partial charge on any atom is 0.283 e. The molecule has 0 unspecified atom stereocenters. The highest BCUT2D eigenvalue weighted by molar-refractivity contribution is 7.90. The van der Waals surface area contributed by atoms with Gasteiger partial charge in [-0.3, -0.25) is 0 Å². The normalized spacial score (nSPS) is 17.4. The van der Waals surface area contributed by atoms with Gasteiger partial charge < -0.3 is 9.64 Å². The average Bonchev–Trinajstić information content (AvgIpc) is 2.92. The highest BCUT2D eigenvalue weighted by atomic mass is 35.5. The molecule has 3 aromatic rings. The highest BCUT2D eigenvalue weighted by Gasteiger charge is 2.40. The van der Waals surface area contributed by atoms with Gasteiger partial charge in [-0.15, -0.1) is 16.0 Å². The van der Waals surface area contributed by atoms with E-state index in [1.54, 1.807) is 72.7 Å². The summed E-state index contributed by atoms with van der Waals surface area (Å²) in [6.07, 6.45) is -0.412. The maximum absolute atomic E-state index is 13.9. The number of aryl methyl sites for hydroxylation is 2. The number of sulfonamides is 2. The third-order valence-electron chi connectivity index (χ3n) is 6.38. The third-order valence-corrected chi connectivity index (χ3v) is 9.81. The lowest BCUT2D eigenvalue weighted by Gasteiger charge is -2.44. The minimum absolute atomic E-state index is 0.0351. The van der Waals surface area contributed by atoms with E-state index < -0.39 is 26.2 Å². The molecule has 1 aliphatic heterocycles. The van der Waals surface area contributed by atoms with Crippen LogP contribution in [0.5, 0.6) is 5.75 Å². The first-order valence-corrected chi connectivity index (χ1v) is 15.4. The number of hydrogen-bond acceptors (Lipinski definition) is 5. The van der Waals surface area contributed by atoms with Crippen molar-refractivity contribution in [1.29, 1.82) is 0 Å². The SMILES string of the molecule is COc1ccc([C@@H]2N(C(CCl)=NS(=O)(=O)c3ccc(C)cc3)CCCN2S(=O)(=O)c2ccc(C)cc2)cc1. The van der Waals surface area contributed by atoms with E-state index in [0.717, 1.165) is 11.1 Å². The molecule has 0 bridgehead atoms. The first kappa shape index (κ1) is 28.1. The lowest BCUT2D eigenvalue weighted by atomic mass is 10.1. The summed E-state index contributed by atoms with van der Waals surface area (Å²) in [7, 11) is -6.50. The number of rotatable bonds is 7. The number of benzene rings is 3. The van der Waals surface area contributed by atoms with E-state index in [1.165, 1.54) is 16.4 Å². The van der Waals surface area contributed by atoms with Gasteiger partial charge in [-0.25, -0.2) is 8.42 Å². The summed E-state index contributed by atoms with van der Waals surface area (Å²) in [6.45, 7) is 4.35. The summed E-state index contributed by atoms with van der Waals surface area (Å²) >= 11 is 6.29. The molecule has 0 amide bonds. The first-order valence-electron chi connectivity index (χ1n) is 12.0. The Morgan fingerprint density at radius 1 is 0.868 bits per heavy atom. The zero-order valence-corrected chi connectivity index (χ0v) is 23.8. The van der Waals surface area contributed by atoms with Crippen molar-refractivity contribution in [3.05, 3.63) is 89.5 Å². The zero-order chi connectivity index (χ0) is 27.5. The largest absolute Gasteiger partial charge is 0.497 e. The molecule has 1 aliphatic rings. The Morgan fingerprint density at radius 3 is 1.95 bits per heavy atom. The van der Waals surface area contributed by atoms with E-state index in [-0.39, 0.29) is 28.1 Å². The smallest absolute Gasteiger partial charge is 0.283 e. The van der Waals surface area contributed by atoms with Crippen molar-refractivity contribution in [2.24, 2.45) is 4.40 Å². The van der Waals surface area contributed by atoms with Gasteiger partial charge in [-0.2, -0.15) is 12.7 Å². The quantitative estimate of drug-likeness (QED) is 0.229. The van der Waals surface area contributed by atoms with Crippen LogP contribution in [-0.2, 0) is 20.0 Å². The van der Waals surface area contributed by atoms with Gasteiger partial charge in [0.25, 0.3) is 10.0 Å². The van der Waals surface area contributed by atoms with E-state index >= 15 is 0 Å². The van der Waals surface area contributed by atoms with Gasteiger partial charge in [0.05, 0.1) is 22.8 Å². The monoisotopic (exact) mass is 575 g/mol. The van der Waals surface area contributed by atoms with E-state index in [2.05, 4.69) is 4.40 Å². The Labute approximate surface area is 229 Å². The molecule has 1 fully saturated rings. The van der Waals surface area contributed by atoms with Crippen molar-refractivity contribution in [2.45, 2.75) is 36.2 Å². The van der Waals surface area contributed by atoms with Crippen LogP contribution in [0.2, 0.25) is 0 Å². The lowest BCUT2D eigenvalue weighted by molar-refractivity contribution is 0.124. The second kappa shape index (κ2) is 11.4. The van der Waals surface area contributed by atoms with E-state index in [1.807, 2.05) is 13.8 Å². The molecule has 1 saturated heterocycles. The molecule has 0 radical (unpaired) electrons. The molecular weight excluding hydrogens is 546 g/mol. The van der Waals surface area contributed by atoms with Crippen LogP contribution in [0.15, 0.2) is 87.0 Å². The Bertz CT molecular complexity index is 1510. The van der Waals surface area contributed by atoms with Gasteiger partial charge in [-0.05, 0) is 62.2 Å². The highest BCUT2D eigenvalue weighted by Crippen LogP contribution is 2.36. The van der Waals surface area contributed by atoms with Crippen LogP contribution in [0.4, 0.5) is 0 Å². The van der Waals surface area contributed by atoms with Crippen LogP contribution in [0.1, 0.15) is 29.3 Å². The van der Waals surface area contributed by atoms with E-state index in [4.69, 9.17) is 16.3 Å². The molecule has 1 heterocycles. The summed E-state index contributed by atoms with van der Waals surface area (Å²) in [5, 5.41) is 0. The lowest BCUT2D eigenvalue weighted by Crippen LogP contribution is -2.52. The molecule has 202 valence electrons.